The van der Waals surface area contributed by atoms with Crippen molar-refractivity contribution in [1.82, 2.24) is 14.5 Å². The average molecular weight is 437 g/mol. The number of nitriles is 1. The summed E-state index contributed by atoms with van der Waals surface area (Å²) in [6.07, 6.45) is 1.47. The van der Waals surface area contributed by atoms with E-state index >= 15 is 0 Å². The molecule has 148 valence electrons. The van der Waals surface area contributed by atoms with E-state index in [1.54, 1.807) is 42.5 Å². The van der Waals surface area contributed by atoms with E-state index in [0.29, 0.717) is 44.1 Å². The van der Waals surface area contributed by atoms with Gasteiger partial charge in [-0.15, -0.1) is 0 Å². The molecule has 4 rings (SSSR count). The van der Waals surface area contributed by atoms with Crippen molar-refractivity contribution < 1.29 is 4.79 Å². The van der Waals surface area contributed by atoms with Gasteiger partial charge < -0.3 is 15.2 Å². The average Bonchev–Trinajstić information content (AvgIpc) is 3.05. The second kappa shape index (κ2) is 8.03. The van der Waals surface area contributed by atoms with Crippen LogP contribution in [-0.2, 0) is 7.05 Å². The van der Waals surface area contributed by atoms with E-state index in [-0.39, 0.29) is 5.91 Å². The number of halogens is 2. The molecule has 7 nitrogen and oxygen atoms in total. The number of hydrogen-bond donors (Lipinski definition) is 2. The number of anilines is 3. The molecule has 0 fully saturated rings. The number of fused-ring (bicyclic) bond motifs is 1. The molecular formula is C21H14Cl2N6O. The Labute approximate surface area is 181 Å². The number of carbonyl (C=O) groups excluding carboxylic acids is 1. The Bertz CT molecular complexity index is 1300. The van der Waals surface area contributed by atoms with Crippen molar-refractivity contribution in [2.75, 3.05) is 10.6 Å². The predicted molar refractivity (Wildman–Crippen MR) is 117 cm³/mol. The maximum absolute atomic E-state index is 12.6. The molecule has 30 heavy (non-hydrogen) atoms. The van der Waals surface area contributed by atoms with Crippen LogP contribution in [0.15, 0.2) is 54.7 Å². The smallest absolute Gasteiger partial charge is 0.256 e. The van der Waals surface area contributed by atoms with Gasteiger partial charge in [0.15, 0.2) is 0 Å². The molecule has 1 amide bonds. The zero-order valence-corrected chi connectivity index (χ0v) is 17.2. The van der Waals surface area contributed by atoms with E-state index in [0.717, 1.165) is 5.52 Å². The van der Waals surface area contributed by atoms with Crippen molar-refractivity contribution >= 4 is 57.6 Å². The number of benzene rings is 2. The molecule has 2 aromatic heterocycles. The van der Waals surface area contributed by atoms with E-state index in [1.807, 2.05) is 17.7 Å². The summed E-state index contributed by atoms with van der Waals surface area (Å²) in [5.41, 5.74) is 2.82. The van der Waals surface area contributed by atoms with Crippen LogP contribution in [0.2, 0.25) is 10.0 Å². The lowest BCUT2D eigenvalue weighted by molar-refractivity contribution is 0.102. The SMILES string of the molecule is Cn1c(Nc2c(Cl)cccc2Cl)nc2cc(C(=O)Nc3cc(C#N)ccn3)ccc21. The van der Waals surface area contributed by atoms with Crippen molar-refractivity contribution in [3.63, 3.8) is 0 Å². The van der Waals surface area contributed by atoms with Crippen LogP contribution < -0.4 is 10.6 Å². The predicted octanol–water partition coefficient (Wildman–Crippen LogP) is 5.14. The van der Waals surface area contributed by atoms with E-state index in [1.165, 1.54) is 12.3 Å². The summed E-state index contributed by atoms with van der Waals surface area (Å²) in [6, 6.07) is 15.5. The normalized spacial score (nSPS) is 10.6. The topological polar surface area (TPSA) is 95.6 Å². The molecular weight excluding hydrogens is 423 g/mol. The molecule has 0 aliphatic rings. The fourth-order valence-electron chi connectivity index (χ4n) is 2.94. The van der Waals surface area contributed by atoms with E-state index < -0.39 is 0 Å². The first-order valence-corrected chi connectivity index (χ1v) is 9.57. The van der Waals surface area contributed by atoms with Crippen molar-refractivity contribution in [3.05, 3.63) is 75.9 Å². The molecule has 4 aromatic rings. The van der Waals surface area contributed by atoms with Crippen LogP contribution in [0.4, 0.5) is 17.5 Å². The molecule has 0 aliphatic heterocycles. The summed E-state index contributed by atoms with van der Waals surface area (Å²) in [5.74, 6) is 0.477. The zero-order valence-electron chi connectivity index (χ0n) is 15.6. The number of amides is 1. The van der Waals surface area contributed by atoms with E-state index in [4.69, 9.17) is 28.5 Å². The number of imidazole rings is 1. The van der Waals surface area contributed by atoms with Crippen LogP contribution in [0.25, 0.3) is 11.0 Å². The lowest BCUT2D eigenvalue weighted by atomic mass is 10.2. The highest BCUT2D eigenvalue weighted by Gasteiger charge is 2.14. The number of hydrogen-bond acceptors (Lipinski definition) is 5. The summed E-state index contributed by atoms with van der Waals surface area (Å²) >= 11 is 12.5. The molecule has 0 aliphatic carbocycles. The molecule has 0 radical (unpaired) electrons. The van der Waals surface area contributed by atoms with Crippen LogP contribution in [0.3, 0.4) is 0 Å². The Balaban J connectivity index is 1.63. The van der Waals surface area contributed by atoms with Crippen molar-refractivity contribution in [1.29, 1.82) is 5.26 Å². The minimum Gasteiger partial charge on any atom is -0.323 e. The third kappa shape index (κ3) is 3.79. The number of aryl methyl sites for hydroxylation is 1. The molecule has 2 N–H and O–H groups in total. The van der Waals surface area contributed by atoms with E-state index in [2.05, 4.69) is 20.6 Å². The third-order valence-electron chi connectivity index (χ3n) is 4.47. The number of nitrogens with zero attached hydrogens (tertiary/aromatic N) is 4. The van der Waals surface area contributed by atoms with Gasteiger partial charge in [0.05, 0.1) is 38.4 Å². The Morgan fingerprint density at radius 3 is 2.63 bits per heavy atom. The van der Waals surface area contributed by atoms with Gasteiger partial charge in [0.1, 0.15) is 5.82 Å². The van der Waals surface area contributed by atoms with Crippen molar-refractivity contribution in [2.45, 2.75) is 0 Å². The van der Waals surface area contributed by atoms with Crippen LogP contribution in [0.1, 0.15) is 15.9 Å². The van der Waals surface area contributed by atoms with Gasteiger partial charge >= 0.3 is 0 Å². The summed E-state index contributed by atoms with van der Waals surface area (Å²) in [7, 11) is 1.85. The molecule has 9 heteroatoms. The maximum Gasteiger partial charge on any atom is 0.256 e. The number of nitrogens with one attached hydrogen (secondary N) is 2. The van der Waals surface area contributed by atoms with Crippen molar-refractivity contribution in [3.8, 4) is 6.07 Å². The summed E-state index contributed by atoms with van der Waals surface area (Å²) in [4.78, 5) is 21.2. The van der Waals surface area contributed by atoms with Gasteiger partial charge in [0, 0.05) is 18.8 Å². The lowest BCUT2D eigenvalue weighted by Gasteiger charge is -2.09. The van der Waals surface area contributed by atoms with E-state index in [9.17, 15) is 4.79 Å². The largest absolute Gasteiger partial charge is 0.323 e. The van der Waals surface area contributed by atoms with Crippen LogP contribution >= 0.6 is 23.2 Å². The fourth-order valence-corrected chi connectivity index (χ4v) is 3.43. The second-order valence-corrected chi connectivity index (χ2v) is 7.23. The van der Waals surface area contributed by atoms with Crippen LogP contribution in [-0.4, -0.2) is 20.4 Å². The molecule has 0 unspecified atom stereocenters. The minimum absolute atomic E-state index is 0.302. The first-order valence-electron chi connectivity index (χ1n) is 8.81. The fraction of sp³-hybridized carbons (Fsp3) is 0.0476. The first kappa shape index (κ1) is 19.7. The molecule has 2 heterocycles. The summed E-state index contributed by atoms with van der Waals surface area (Å²) in [6.45, 7) is 0. The number of para-hydroxylation sites is 1. The lowest BCUT2D eigenvalue weighted by Crippen LogP contribution is -2.13. The Morgan fingerprint density at radius 1 is 1.13 bits per heavy atom. The number of aromatic nitrogens is 3. The minimum atomic E-state index is -0.353. The van der Waals surface area contributed by atoms with Crippen LogP contribution in [0, 0.1) is 11.3 Å². The maximum atomic E-state index is 12.6. The molecule has 0 atom stereocenters. The van der Waals surface area contributed by atoms with Crippen molar-refractivity contribution in [2.24, 2.45) is 7.05 Å². The monoisotopic (exact) mass is 436 g/mol. The van der Waals surface area contributed by atoms with Gasteiger partial charge in [-0.2, -0.15) is 5.26 Å². The highest BCUT2D eigenvalue weighted by Crippen LogP contribution is 2.33. The highest BCUT2D eigenvalue weighted by molar-refractivity contribution is 6.39. The number of carbonyl (C=O) groups is 1. The van der Waals surface area contributed by atoms with Crippen LogP contribution in [0.5, 0.6) is 0 Å². The van der Waals surface area contributed by atoms with Gasteiger partial charge in [-0.3, -0.25) is 4.79 Å². The Morgan fingerprint density at radius 2 is 1.90 bits per heavy atom. The number of rotatable bonds is 4. The molecule has 0 saturated carbocycles. The van der Waals surface area contributed by atoms with Gasteiger partial charge in [0.25, 0.3) is 5.91 Å². The molecule has 2 aromatic carbocycles. The standard InChI is InChI=1S/C21H14Cl2N6O/c1-29-17-6-5-13(20(30)27-18-9-12(11-24)7-8-25-18)10-16(17)26-21(29)28-19-14(22)3-2-4-15(19)23/h2-10H,1H3,(H,26,28)(H,25,27,30). The third-order valence-corrected chi connectivity index (χ3v) is 5.10. The van der Waals surface area contributed by atoms with Gasteiger partial charge in [-0.05, 0) is 42.5 Å². The second-order valence-electron chi connectivity index (χ2n) is 6.42. The van der Waals surface area contributed by atoms with Gasteiger partial charge in [-0.25, -0.2) is 9.97 Å². The first-order chi connectivity index (χ1) is 14.5. The van der Waals surface area contributed by atoms with Gasteiger partial charge in [0.2, 0.25) is 5.95 Å². The highest BCUT2D eigenvalue weighted by atomic mass is 35.5. The van der Waals surface area contributed by atoms with Gasteiger partial charge in [-0.1, -0.05) is 29.3 Å². The molecule has 0 bridgehead atoms. The Kier molecular flexibility index (Phi) is 5.27. The summed E-state index contributed by atoms with van der Waals surface area (Å²) < 4.78 is 1.84. The molecule has 0 spiro atoms. The quantitative estimate of drug-likeness (QED) is 0.461. The number of pyridine rings is 1. The zero-order chi connectivity index (χ0) is 21.3. The Hall–Kier alpha value is -3.60. The summed E-state index contributed by atoms with van der Waals surface area (Å²) in [5, 5.41) is 15.8. The molecule has 0 saturated heterocycles.